The maximum Gasteiger partial charge on any atom is 0.502 e. The van der Waals surface area contributed by atoms with Crippen molar-refractivity contribution in [1.82, 2.24) is 0 Å². The van der Waals surface area contributed by atoms with Crippen LogP contribution in [0.1, 0.15) is 0 Å². The fraction of sp³-hybridized carbons (Fsp3) is 0.0952. The highest BCUT2D eigenvalue weighted by molar-refractivity contribution is 5.88. The number of benzene rings is 2. The minimum atomic E-state index is -0.508. The van der Waals surface area contributed by atoms with Crippen LogP contribution in [-0.4, -0.2) is 26.2 Å². The summed E-state index contributed by atoms with van der Waals surface area (Å²) in [6.45, 7) is 0. The molecule has 0 unspecified atom stereocenters. The summed E-state index contributed by atoms with van der Waals surface area (Å²) in [6.07, 6.45) is 2.62. The molecule has 6 heteroatoms. The Bertz CT molecular complexity index is 912. The number of carbonyl (C=O) groups excluding carboxylic acids is 2. The number of rotatable bonds is 3. The molecule has 0 fully saturated rings. The molecule has 136 valence electrons. The van der Waals surface area contributed by atoms with Crippen LogP contribution in [0.4, 0.5) is 21.0 Å². The zero-order valence-corrected chi connectivity index (χ0v) is 15.1. The zero-order chi connectivity index (χ0) is 19.2. The first-order valence-corrected chi connectivity index (χ1v) is 8.41. The number of pyridine rings is 1. The van der Waals surface area contributed by atoms with E-state index in [4.69, 9.17) is 4.74 Å². The summed E-state index contributed by atoms with van der Waals surface area (Å²) in [4.78, 5) is 27.7. The lowest BCUT2D eigenvalue weighted by molar-refractivity contribution is -0.569. The number of hydrogen-bond donors (Lipinski definition) is 0. The molecule has 0 atom stereocenters. The molecule has 0 radical (unpaired) electrons. The van der Waals surface area contributed by atoms with E-state index in [1.807, 2.05) is 60.7 Å². The Hall–Kier alpha value is -3.67. The summed E-state index contributed by atoms with van der Waals surface area (Å²) in [5.74, 6) is 0.356. The number of para-hydroxylation sites is 2. The Morgan fingerprint density at radius 3 is 1.74 bits per heavy atom. The van der Waals surface area contributed by atoms with Crippen LogP contribution in [0, 0.1) is 0 Å². The molecule has 0 aliphatic rings. The molecule has 0 bridgehead atoms. The van der Waals surface area contributed by atoms with Gasteiger partial charge in [-0.3, -0.25) is 4.90 Å². The Balaban J connectivity index is 1.66. The molecule has 0 saturated heterocycles. The number of ether oxygens (including phenoxy) is 1. The largest absolute Gasteiger partial charge is 0.502 e. The predicted octanol–water partition coefficient (Wildman–Crippen LogP) is 3.71. The van der Waals surface area contributed by atoms with E-state index in [0.717, 1.165) is 11.4 Å². The molecule has 1 heterocycles. The SMILES string of the molecule is CN(C(=O)Oc1cc[n+](C(=O)N(C)c2ccccc2)cc1)c1ccccc1. The topological polar surface area (TPSA) is 53.7 Å². The quantitative estimate of drug-likeness (QED) is 0.668. The average Bonchev–Trinajstić information content (AvgIpc) is 2.74. The van der Waals surface area contributed by atoms with Crippen LogP contribution in [0.2, 0.25) is 0 Å². The molecule has 27 heavy (non-hydrogen) atoms. The van der Waals surface area contributed by atoms with Crippen molar-refractivity contribution in [3.8, 4) is 5.75 Å². The molecule has 0 spiro atoms. The second kappa shape index (κ2) is 8.14. The van der Waals surface area contributed by atoms with Gasteiger partial charge in [-0.25, -0.2) is 4.79 Å². The van der Waals surface area contributed by atoms with Crippen molar-refractivity contribution >= 4 is 23.5 Å². The molecular formula is C21H20N3O3+. The van der Waals surface area contributed by atoms with Gasteiger partial charge in [0.25, 0.3) is 0 Å². The summed E-state index contributed by atoms with van der Waals surface area (Å²) >= 11 is 0. The number of amides is 2. The highest BCUT2D eigenvalue weighted by atomic mass is 16.6. The summed E-state index contributed by atoms with van der Waals surface area (Å²) in [5, 5.41) is 0. The Kier molecular flexibility index (Phi) is 5.47. The lowest BCUT2D eigenvalue weighted by Crippen LogP contribution is -2.50. The van der Waals surface area contributed by atoms with Gasteiger partial charge in [-0.2, -0.15) is 14.3 Å². The summed E-state index contributed by atoms with van der Waals surface area (Å²) in [6, 6.07) is 21.5. The lowest BCUT2D eigenvalue weighted by Gasteiger charge is -2.16. The van der Waals surface area contributed by atoms with E-state index in [-0.39, 0.29) is 6.03 Å². The molecule has 0 saturated carbocycles. The molecule has 2 aromatic carbocycles. The first-order chi connectivity index (χ1) is 13.1. The van der Waals surface area contributed by atoms with Crippen molar-refractivity contribution in [3.05, 3.63) is 85.2 Å². The van der Waals surface area contributed by atoms with Gasteiger partial charge in [-0.1, -0.05) is 36.4 Å². The number of hydrogen-bond acceptors (Lipinski definition) is 3. The lowest BCUT2D eigenvalue weighted by atomic mass is 10.3. The van der Waals surface area contributed by atoms with Gasteiger partial charge >= 0.3 is 12.1 Å². The van der Waals surface area contributed by atoms with E-state index in [9.17, 15) is 9.59 Å². The van der Waals surface area contributed by atoms with E-state index >= 15 is 0 Å². The van der Waals surface area contributed by atoms with Gasteiger partial charge in [0.2, 0.25) is 0 Å². The van der Waals surface area contributed by atoms with Crippen molar-refractivity contribution in [1.29, 1.82) is 0 Å². The average molecular weight is 362 g/mol. The molecule has 0 aliphatic heterocycles. The predicted molar refractivity (Wildman–Crippen MR) is 103 cm³/mol. The van der Waals surface area contributed by atoms with Crippen LogP contribution < -0.4 is 19.1 Å². The van der Waals surface area contributed by atoms with E-state index in [0.29, 0.717) is 5.75 Å². The first-order valence-electron chi connectivity index (χ1n) is 8.41. The smallest absolute Gasteiger partial charge is 0.410 e. The van der Waals surface area contributed by atoms with Gasteiger partial charge in [0.1, 0.15) is 23.8 Å². The highest BCUT2D eigenvalue weighted by Crippen LogP contribution is 2.15. The standard InChI is InChI=1S/C21H20N3O3/c1-22(17-9-5-3-6-10-17)20(25)24-15-13-19(14-16-24)27-21(26)23(2)18-11-7-4-8-12-18/h3-16H,1-2H3/q+1. The number of anilines is 2. The van der Waals surface area contributed by atoms with Crippen molar-refractivity contribution in [2.45, 2.75) is 0 Å². The third-order valence-corrected chi connectivity index (χ3v) is 4.07. The first kappa shape index (κ1) is 18.1. The van der Waals surface area contributed by atoms with E-state index in [1.165, 1.54) is 14.4 Å². The normalized spacial score (nSPS) is 10.1. The Labute approximate surface area is 157 Å². The minimum absolute atomic E-state index is 0.222. The van der Waals surface area contributed by atoms with Crippen LogP contribution in [0.15, 0.2) is 85.2 Å². The van der Waals surface area contributed by atoms with Gasteiger partial charge in [0.15, 0.2) is 0 Å². The third-order valence-electron chi connectivity index (χ3n) is 4.07. The Morgan fingerprint density at radius 1 is 0.741 bits per heavy atom. The number of nitrogens with zero attached hydrogens (tertiary/aromatic N) is 3. The van der Waals surface area contributed by atoms with E-state index < -0.39 is 6.09 Å². The van der Waals surface area contributed by atoms with Gasteiger partial charge in [0.05, 0.1) is 7.05 Å². The molecule has 1 aromatic heterocycles. The zero-order valence-electron chi connectivity index (χ0n) is 15.1. The molecular weight excluding hydrogens is 342 g/mol. The fourth-order valence-electron chi connectivity index (χ4n) is 2.47. The fourth-order valence-corrected chi connectivity index (χ4v) is 2.47. The molecule has 3 rings (SSSR count). The van der Waals surface area contributed by atoms with Crippen molar-refractivity contribution in [2.75, 3.05) is 23.9 Å². The second-order valence-electron chi connectivity index (χ2n) is 5.88. The van der Waals surface area contributed by atoms with Gasteiger partial charge in [-0.05, 0) is 24.3 Å². The second-order valence-corrected chi connectivity index (χ2v) is 5.88. The molecule has 2 amide bonds. The number of carbonyl (C=O) groups is 2. The van der Waals surface area contributed by atoms with Crippen LogP contribution in [-0.2, 0) is 0 Å². The van der Waals surface area contributed by atoms with Crippen molar-refractivity contribution < 1.29 is 18.9 Å². The van der Waals surface area contributed by atoms with Crippen LogP contribution in [0.25, 0.3) is 0 Å². The maximum absolute atomic E-state index is 12.5. The van der Waals surface area contributed by atoms with Crippen LogP contribution >= 0.6 is 0 Å². The molecule has 3 aromatic rings. The van der Waals surface area contributed by atoms with Gasteiger partial charge in [-0.15, -0.1) is 0 Å². The highest BCUT2D eigenvalue weighted by Gasteiger charge is 2.22. The summed E-state index contributed by atoms with van der Waals surface area (Å²) < 4.78 is 6.78. The Morgan fingerprint density at radius 2 is 1.22 bits per heavy atom. The van der Waals surface area contributed by atoms with Crippen LogP contribution in [0.5, 0.6) is 5.75 Å². The van der Waals surface area contributed by atoms with Crippen molar-refractivity contribution in [3.63, 3.8) is 0 Å². The summed E-state index contributed by atoms with van der Waals surface area (Å²) in [5.41, 5.74) is 1.52. The van der Waals surface area contributed by atoms with Gasteiger partial charge < -0.3 is 4.74 Å². The third kappa shape index (κ3) is 4.30. The maximum atomic E-state index is 12.5. The molecule has 0 N–H and O–H groups in total. The molecule has 6 nitrogen and oxygen atoms in total. The minimum Gasteiger partial charge on any atom is -0.410 e. The van der Waals surface area contributed by atoms with E-state index in [1.54, 1.807) is 38.6 Å². The van der Waals surface area contributed by atoms with Crippen molar-refractivity contribution in [2.24, 2.45) is 0 Å². The molecule has 0 aliphatic carbocycles. The number of aromatic nitrogens is 1. The summed E-state index contributed by atoms with van der Waals surface area (Å²) in [7, 11) is 3.34. The van der Waals surface area contributed by atoms with Crippen LogP contribution in [0.3, 0.4) is 0 Å². The van der Waals surface area contributed by atoms with Gasteiger partial charge in [0, 0.05) is 24.9 Å². The van der Waals surface area contributed by atoms with E-state index in [2.05, 4.69) is 0 Å². The monoisotopic (exact) mass is 362 g/mol.